The van der Waals surface area contributed by atoms with Gasteiger partial charge in [-0.15, -0.1) is 13.2 Å². The zero-order valence-electron chi connectivity index (χ0n) is 19.5. The number of likely N-dealkylation sites (N-methyl/N-ethyl adjacent to an activating group) is 1. The number of hydrogen-bond donors (Lipinski definition) is 1. The third-order valence-corrected chi connectivity index (χ3v) is 8.24. The maximum Gasteiger partial charge on any atom is 0.253 e. The number of carbonyl (C=O) groups is 3. The van der Waals surface area contributed by atoms with Crippen molar-refractivity contribution in [3.8, 4) is 0 Å². The van der Waals surface area contributed by atoms with Crippen molar-refractivity contribution >= 4 is 50.9 Å². The van der Waals surface area contributed by atoms with Crippen molar-refractivity contribution in [3.63, 3.8) is 0 Å². The molecule has 1 N–H and O–H groups in total. The first kappa shape index (κ1) is 25.9. The Kier molecular flexibility index (Phi) is 7.43. The normalized spacial score (nSPS) is 30.8. The van der Waals surface area contributed by atoms with Gasteiger partial charge in [-0.05, 0) is 30.7 Å². The Bertz CT molecular complexity index is 1040. The number of hydrogen-bond acceptors (Lipinski definition) is 5. The molecule has 1 spiro atoms. The Labute approximate surface area is 218 Å². The van der Waals surface area contributed by atoms with Crippen LogP contribution in [-0.2, 0) is 19.1 Å². The molecule has 3 aliphatic rings. The summed E-state index contributed by atoms with van der Waals surface area (Å²) in [5.41, 5.74) is -0.597. The predicted molar refractivity (Wildman–Crippen MR) is 136 cm³/mol. The number of benzene rings is 1. The lowest BCUT2D eigenvalue weighted by Crippen LogP contribution is -2.57. The molecule has 0 aliphatic carbocycles. The molecule has 10 heteroatoms. The molecule has 35 heavy (non-hydrogen) atoms. The Balaban J connectivity index is 1.78. The molecule has 3 unspecified atom stereocenters. The molecule has 6 atom stereocenters. The first-order chi connectivity index (χ1) is 16.7. The van der Waals surface area contributed by atoms with Crippen molar-refractivity contribution in [1.29, 1.82) is 0 Å². The number of alkyl halides is 1. The smallest absolute Gasteiger partial charge is 0.253 e. The lowest BCUT2D eigenvalue weighted by molar-refractivity contribution is -0.144. The molecule has 3 heterocycles. The van der Waals surface area contributed by atoms with Crippen molar-refractivity contribution < 1.29 is 24.2 Å². The van der Waals surface area contributed by atoms with Gasteiger partial charge in [-0.1, -0.05) is 39.7 Å². The summed E-state index contributed by atoms with van der Waals surface area (Å²) < 4.78 is 6.46. The Hall–Kier alpha value is -2.20. The minimum absolute atomic E-state index is 0.0412. The summed E-state index contributed by atoms with van der Waals surface area (Å²) in [5, 5.41) is 10.3. The summed E-state index contributed by atoms with van der Waals surface area (Å²) in [7, 11) is 1.66. The lowest BCUT2D eigenvalue weighted by atomic mass is 9.70. The number of aliphatic hydroxyl groups excluding tert-OH is 1. The molecular weight excluding hydrogens is 538 g/mol. The first-order valence-electron chi connectivity index (χ1n) is 11.5. The standard InChI is InChI=1S/C25H29BrClN3O5/c1-4-10-28(3)22(32)18-19-23(33)30(12-13-31)21(25(19)14-17(26)20(18)35-25)24(34)29(11-5-2)16-8-6-15(27)7-9-16/h4-9,17-21,31H,1-2,10-14H2,3H3/t17?,18-,19-,20-,21?,25?/m0/s1. The van der Waals surface area contributed by atoms with Crippen LogP contribution in [0.2, 0.25) is 5.02 Å². The molecule has 3 fully saturated rings. The highest BCUT2D eigenvalue weighted by Crippen LogP contribution is 2.60. The van der Waals surface area contributed by atoms with Gasteiger partial charge >= 0.3 is 0 Å². The highest BCUT2D eigenvalue weighted by molar-refractivity contribution is 9.09. The lowest BCUT2D eigenvalue weighted by Gasteiger charge is -2.37. The SMILES string of the molecule is C=CCN(C)C(=O)[C@H]1[C@H]2C(=O)N(CCO)C(C(=O)N(CC=C)c3ccc(Cl)cc3)C23CC(Br)[C@@H]1O3. The van der Waals surface area contributed by atoms with E-state index in [1.165, 1.54) is 14.7 Å². The molecule has 3 saturated heterocycles. The fraction of sp³-hybridized carbons (Fsp3) is 0.480. The van der Waals surface area contributed by atoms with E-state index in [2.05, 4.69) is 29.1 Å². The third-order valence-electron chi connectivity index (χ3n) is 7.14. The van der Waals surface area contributed by atoms with Gasteiger partial charge in [0.25, 0.3) is 5.91 Å². The highest BCUT2D eigenvalue weighted by Gasteiger charge is 2.76. The molecule has 188 valence electrons. The summed E-state index contributed by atoms with van der Waals surface area (Å²) >= 11 is 9.69. The minimum atomic E-state index is -1.19. The van der Waals surface area contributed by atoms with Gasteiger partial charge in [-0.25, -0.2) is 0 Å². The average molecular weight is 567 g/mol. The molecule has 1 aromatic rings. The fourth-order valence-corrected chi connectivity index (χ4v) is 6.87. The van der Waals surface area contributed by atoms with Gasteiger partial charge in [-0.2, -0.15) is 0 Å². The second-order valence-electron chi connectivity index (χ2n) is 9.14. The second kappa shape index (κ2) is 10.0. The number of amides is 3. The monoisotopic (exact) mass is 565 g/mol. The predicted octanol–water partition coefficient (Wildman–Crippen LogP) is 2.24. The Morgan fingerprint density at radius 2 is 1.91 bits per heavy atom. The topological polar surface area (TPSA) is 90.4 Å². The Morgan fingerprint density at radius 3 is 2.51 bits per heavy atom. The number of aliphatic hydroxyl groups is 1. The van der Waals surface area contributed by atoms with Crippen LogP contribution in [0.3, 0.4) is 0 Å². The zero-order chi connectivity index (χ0) is 25.5. The van der Waals surface area contributed by atoms with Crippen LogP contribution in [0.15, 0.2) is 49.6 Å². The van der Waals surface area contributed by atoms with E-state index in [-0.39, 0.29) is 42.2 Å². The van der Waals surface area contributed by atoms with Gasteiger partial charge < -0.3 is 24.5 Å². The number of likely N-dealkylation sites (tertiary alicyclic amines) is 1. The summed E-state index contributed by atoms with van der Waals surface area (Å²) in [5.74, 6) is -2.49. The molecule has 1 aromatic carbocycles. The van der Waals surface area contributed by atoms with Gasteiger partial charge in [-0.3, -0.25) is 14.4 Å². The second-order valence-corrected chi connectivity index (χ2v) is 10.8. The average Bonchev–Trinajstić information content (AvgIpc) is 3.41. The quantitative estimate of drug-likeness (QED) is 0.366. The number of nitrogens with zero attached hydrogens (tertiary/aromatic N) is 3. The summed E-state index contributed by atoms with van der Waals surface area (Å²) in [6.07, 6.45) is 3.07. The summed E-state index contributed by atoms with van der Waals surface area (Å²) in [6.45, 7) is 7.64. The summed E-state index contributed by atoms with van der Waals surface area (Å²) in [6, 6.07) is 5.81. The fourth-order valence-electron chi connectivity index (χ4n) is 5.80. The molecular formula is C25H29BrClN3O5. The number of carbonyl (C=O) groups excluding carboxylic acids is 3. The molecule has 3 aliphatic heterocycles. The number of rotatable bonds is 9. The first-order valence-corrected chi connectivity index (χ1v) is 12.8. The minimum Gasteiger partial charge on any atom is -0.395 e. The molecule has 4 rings (SSSR count). The van der Waals surface area contributed by atoms with Gasteiger partial charge in [0.1, 0.15) is 11.6 Å². The van der Waals surface area contributed by atoms with Crippen LogP contribution in [-0.4, -0.2) is 88.5 Å². The van der Waals surface area contributed by atoms with E-state index in [1.54, 1.807) is 43.5 Å². The third kappa shape index (κ3) is 4.12. The number of fused-ring (bicyclic) bond motifs is 1. The van der Waals surface area contributed by atoms with Crippen molar-refractivity contribution in [3.05, 3.63) is 54.6 Å². The van der Waals surface area contributed by atoms with Crippen LogP contribution in [0, 0.1) is 11.8 Å². The van der Waals surface area contributed by atoms with Crippen LogP contribution in [0.4, 0.5) is 5.69 Å². The van der Waals surface area contributed by atoms with Crippen LogP contribution in [0.1, 0.15) is 6.42 Å². The van der Waals surface area contributed by atoms with Crippen molar-refractivity contribution in [1.82, 2.24) is 9.80 Å². The maximum atomic E-state index is 14.2. The molecule has 0 radical (unpaired) electrons. The molecule has 8 nitrogen and oxygen atoms in total. The van der Waals surface area contributed by atoms with Gasteiger partial charge in [0.05, 0.1) is 24.5 Å². The van der Waals surface area contributed by atoms with Crippen LogP contribution >= 0.6 is 27.5 Å². The van der Waals surface area contributed by atoms with E-state index in [0.717, 1.165) is 0 Å². The van der Waals surface area contributed by atoms with Gasteiger partial charge in [0.15, 0.2) is 0 Å². The van der Waals surface area contributed by atoms with Crippen molar-refractivity contribution in [2.75, 3.05) is 38.2 Å². The van der Waals surface area contributed by atoms with E-state index >= 15 is 0 Å². The van der Waals surface area contributed by atoms with Crippen LogP contribution in [0.5, 0.6) is 0 Å². The molecule has 0 aromatic heterocycles. The van der Waals surface area contributed by atoms with E-state index < -0.39 is 29.6 Å². The molecule has 2 bridgehead atoms. The van der Waals surface area contributed by atoms with Crippen molar-refractivity contribution in [2.45, 2.75) is 29.0 Å². The van der Waals surface area contributed by atoms with E-state index in [0.29, 0.717) is 23.7 Å². The van der Waals surface area contributed by atoms with E-state index in [9.17, 15) is 19.5 Å². The number of halogens is 2. The van der Waals surface area contributed by atoms with Crippen LogP contribution in [0.25, 0.3) is 0 Å². The number of β-amino-alcohol motifs (C(OH)–C–C–N with tert-alkyl or cyclic N) is 1. The number of ether oxygens (including phenoxy) is 1. The van der Waals surface area contributed by atoms with Gasteiger partial charge in [0, 0.05) is 42.2 Å². The largest absolute Gasteiger partial charge is 0.395 e. The van der Waals surface area contributed by atoms with Crippen LogP contribution < -0.4 is 4.90 Å². The maximum absolute atomic E-state index is 14.2. The Morgan fingerprint density at radius 1 is 1.26 bits per heavy atom. The van der Waals surface area contributed by atoms with E-state index in [1.807, 2.05) is 0 Å². The highest BCUT2D eigenvalue weighted by atomic mass is 79.9. The van der Waals surface area contributed by atoms with E-state index in [4.69, 9.17) is 16.3 Å². The number of anilines is 1. The zero-order valence-corrected chi connectivity index (χ0v) is 21.8. The van der Waals surface area contributed by atoms with Gasteiger partial charge in [0.2, 0.25) is 11.8 Å². The molecule has 0 saturated carbocycles. The summed E-state index contributed by atoms with van der Waals surface area (Å²) in [4.78, 5) is 45.6. The molecule has 3 amide bonds. The van der Waals surface area contributed by atoms with Crippen molar-refractivity contribution in [2.24, 2.45) is 11.8 Å².